The van der Waals surface area contributed by atoms with Gasteiger partial charge in [-0.15, -0.1) is 5.10 Å². The Labute approximate surface area is 215 Å². The van der Waals surface area contributed by atoms with Crippen molar-refractivity contribution in [2.45, 2.75) is 13.1 Å². The molecule has 0 radical (unpaired) electrons. The highest BCUT2D eigenvalue weighted by molar-refractivity contribution is 5.94. The summed E-state index contributed by atoms with van der Waals surface area (Å²) >= 11 is 0. The van der Waals surface area contributed by atoms with Gasteiger partial charge in [-0.05, 0) is 59.2 Å². The lowest BCUT2D eigenvalue weighted by atomic mass is 10.2. The third-order valence-electron chi connectivity index (χ3n) is 5.52. The van der Waals surface area contributed by atoms with Crippen molar-refractivity contribution in [1.82, 2.24) is 14.8 Å². The number of benzene rings is 3. The van der Waals surface area contributed by atoms with Crippen LogP contribution in [0.25, 0.3) is 6.08 Å². The van der Waals surface area contributed by atoms with Gasteiger partial charge in [-0.1, -0.05) is 36.4 Å². The molecule has 1 heterocycles. The first-order valence-electron chi connectivity index (χ1n) is 11.6. The molecule has 0 aliphatic heterocycles. The number of nitrogens with zero attached hydrogens (tertiary/aromatic N) is 3. The second kappa shape index (κ2) is 12.3. The molecular formula is C28H29N5O4. The summed E-state index contributed by atoms with van der Waals surface area (Å²) in [5.41, 5.74) is 2.82. The molecule has 4 aromatic rings. The summed E-state index contributed by atoms with van der Waals surface area (Å²) in [5, 5.41) is 10.8. The van der Waals surface area contributed by atoms with Gasteiger partial charge < -0.3 is 24.8 Å². The third kappa shape index (κ3) is 6.88. The van der Waals surface area contributed by atoms with Crippen LogP contribution in [-0.2, 0) is 13.1 Å². The molecule has 0 bridgehead atoms. The summed E-state index contributed by atoms with van der Waals surface area (Å²) in [4.78, 5) is 17.6. The molecule has 2 N–H and O–H groups in total. The Hall–Kier alpha value is -4.79. The van der Waals surface area contributed by atoms with Crippen LogP contribution in [0.2, 0.25) is 0 Å². The summed E-state index contributed by atoms with van der Waals surface area (Å²) in [6.07, 6.45) is 3.18. The zero-order valence-corrected chi connectivity index (χ0v) is 21.0. The zero-order valence-electron chi connectivity index (χ0n) is 21.0. The number of hydrogen-bond acceptors (Lipinski definition) is 8. The van der Waals surface area contributed by atoms with Gasteiger partial charge in [0.2, 0.25) is 11.9 Å². The van der Waals surface area contributed by atoms with Gasteiger partial charge in [-0.2, -0.15) is 9.67 Å². The van der Waals surface area contributed by atoms with Crippen molar-refractivity contribution in [2.24, 2.45) is 0 Å². The second-order valence-corrected chi connectivity index (χ2v) is 8.03. The fourth-order valence-electron chi connectivity index (χ4n) is 3.54. The van der Waals surface area contributed by atoms with E-state index in [1.807, 2.05) is 72.8 Å². The number of carbonyl (C=O) groups is 1. The Morgan fingerprint density at radius 2 is 1.41 bits per heavy atom. The maximum absolute atomic E-state index is 13.1. The quantitative estimate of drug-likeness (QED) is 0.282. The number of aromatic nitrogens is 3. The van der Waals surface area contributed by atoms with Gasteiger partial charge in [0.25, 0.3) is 5.91 Å². The van der Waals surface area contributed by atoms with Gasteiger partial charge in [0, 0.05) is 19.2 Å². The van der Waals surface area contributed by atoms with Gasteiger partial charge in [0.15, 0.2) is 0 Å². The van der Waals surface area contributed by atoms with Crippen LogP contribution in [0.3, 0.4) is 0 Å². The van der Waals surface area contributed by atoms with Gasteiger partial charge in [0.05, 0.1) is 21.3 Å². The van der Waals surface area contributed by atoms with Crippen molar-refractivity contribution in [3.05, 3.63) is 95.6 Å². The Balaban J connectivity index is 1.53. The van der Waals surface area contributed by atoms with Crippen LogP contribution >= 0.6 is 0 Å². The normalized spacial score (nSPS) is 10.8. The summed E-state index contributed by atoms with van der Waals surface area (Å²) in [7, 11) is 4.86. The van der Waals surface area contributed by atoms with E-state index in [0.29, 0.717) is 25.0 Å². The predicted octanol–water partition coefficient (Wildman–Crippen LogP) is 4.88. The van der Waals surface area contributed by atoms with Gasteiger partial charge >= 0.3 is 0 Å². The molecule has 9 heteroatoms. The van der Waals surface area contributed by atoms with Crippen molar-refractivity contribution in [2.75, 3.05) is 32.0 Å². The molecular weight excluding hydrogens is 470 g/mol. The Kier molecular flexibility index (Phi) is 8.38. The van der Waals surface area contributed by atoms with Crippen LogP contribution in [0, 0.1) is 0 Å². The number of ether oxygens (including phenoxy) is 3. The fourth-order valence-corrected chi connectivity index (χ4v) is 3.54. The molecule has 1 aromatic heterocycles. The van der Waals surface area contributed by atoms with Gasteiger partial charge in [-0.3, -0.25) is 4.79 Å². The summed E-state index contributed by atoms with van der Waals surface area (Å²) in [6.45, 7) is 0.896. The van der Waals surface area contributed by atoms with Crippen LogP contribution in [-0.4, -0.2) is 42.0 Å². The molecule has 0 atom stereocenters. The first-order valence-corrected chi connectivity index (χ1v) is 11.6. The van der Waals surface area contributed by atoms with Crippen molar-refractivity contribution in [3.8, 4) is 17.2 Å². The van der Waals surface area contributed by atoms with E-state index in [1.165, 1.54) is 10.8 Å². The molecule has 37 heavy (non-hydrogen) atoms. The van der Waals surface area contributed by atoms with Crippen molar-refractivity contribution in [3.63, 3.8) is 0 Å². The maximum atomic E-state index is 13.1. The Morgan fingerprint density at radius 1 is 0.811 bits per heavy atom. The molecule has 0 saturated carbocycles. The lowest BCUT2D eigenvalue weighted by Gasteiger charge is -2.07. The number of nitrogens with one attached hydrogen (secondary N) is 2. The first kappa shape index (κ1) is 25.3. The van der Waals surface area contributed by atoms with Crippen LogP contribution in [0.5, 0.6) is 17.2 Å². The molecule has 0 amide bonds. The number of allylic oxidation sites excluding steroid dienone is 1. The largest absolute Gasteiger partial charge is 0.497 e. The van der Waals surface area contributed by atoms with E-state index in [4.69, 9.17) is 14.2 Å². The van der Waals surface area contributed by atoms with Crippen molar-refractivity contribution >= 4 is 23.9 Å². The fraction of sp³-hybridized carbons (Fsp3) is 0.179. The van der Waals surface area contributed by atoms with Gasteiger partial charge in [-0.25, -0.2) is 0 Å². The van der Waals surface area contributed by atoms with E-state index in [1.54, 1.807) is 27.4 Å². The van der Waals surface area contributed by atoms with E-state index in [9.17, 15) is 4.79 Å². The minimum absolute atomic E-state index is 0.320. The average Bonchev–Trinajstić information content (AvgIpc) is 3.37. The number of anilines is 2. The summed E-state index contributed by atoms with van der Waals surface area (Å²) in [6, 6.07) is 22.8. The van der Waals surface area contributed by atoms with Crippen molar-refractivity contribution in [1.29, 1.82) is 0 Å². The molecule has 0 spiro atoms. The lowest BCUT2D eigenvalue weighted by molar-refractivity contribution is 0.0957. The highest BCUT2D eigenvalue weighted by Crippen LogP contribution is 2.18. The van der Waals surface area contributed by atoms with Crippen LogP contribution in [0.1, 0.15) is 21.5 Å². The van der Waals surface area contributed by atoms with Crippen molar-refractivity contribution < 1.29 is 19.0 Å². The smallest absolute Gasteiger partial charge is 0.274 e. The van der Waals surface area contributed by atoms with E-state index in [2.05, 4.69) is 20.7 Å². The molecule has 4 rings (SSSR count). The topological polar surface area (TPSA) is 99.5 Å². The second-order valence-electron chi connectivity index (χ2n) is 8.03. The molecule has 190 valence electrons. The SMILES string of the molecule is COc1ccc(C=CC(=O)n2nc(NCc3cccc(OC)c3)nc2NCc2cccc(OC)c2)cc1. The minimum Gasteiger partial charge on any atom is -0.497 e. The van der Waals surface area contributed by atoms with E-state index in [-0.39, 0.29) is 5.91 Å². The molecule has 0 aliphatic carbocycles. The molecule has 0 saturated heterocycles. The molecule has 0 unspecified atom stereocenters. The molecule has 0 aliphatic rings. The van der Waals surface area contributed by atoms with Crippen LogP contribution in [0.4, 0.5) is 11.9 Å². The highest BCUT2D eigenvalue weighted by atomic mass is 16.5. The maximum Gasteiger partial charge on any atom is 0.274 e. The van der Waals surface area contributed by atoms with Crippen LogP contribution in [0.15, 0.2) is 78.9 Å². The van der Waals surface area contributed by atoms with Crippen LogP contribution < -0.4 is 24.8 Å². The number of hydrogen-bond donors (Lipinski definition) is 2. The molecule has 3 aromatic carbocycles. The number of rotatable bonds is 11. The Bertz CT molecular complexity index is 1370. The monoisotopic (exact) mass is 499 g/mol. The average molecular weight is 500 g/mol. The van der Waals surface area contributed by atoms with Gasteiger partial charge in [0.1, 0.15) is 17.2 Å². The highest BCUT2D eigenvalue weighted by Gasteiger charge is 2.15. The third-order valence-corrected chi connectivity index (χ3v) is 5.52. The summed E-state index contributed by atoms with van der Waals surface area (Å²) < 4.78 is 17.0. The molecule has 0 fully saturated rings. The number of carbonyl (C=O) groups excluding carboxylic acids is 1. The van der Waals surface area contributed by atoms with E-state index >= 15 is 0 Å². The lowest BCUT2D eigenvalue weighted by Crippen LogP contribution is -2.14. The number of methoxy groups -OCH3 is 3. The van der Waals surface area contributed by atoms with E-state index < -0.39 is 0 Å². The molecule has 9 nitrogen and oxygen atoms in total. The zero-order chi connectivity index (χ0) is 26.0. The minimum atomic E-state index is -0.342. The Morgan fingerprint density at radius 3 is 2.00 bits per heavy atom. The standard InChI is InChI=1S/C28H29N5O4/c1-35-23-13-10-20(11-14-23)12-15-26(34)33-28(30-19-22-7-5-9-25(17-22)37-3)31-27(32-33)29-18-21-6-4-8-24(16-21)36-2/h4-17H,18-19H2,1-3H3,(H2,29,30,31,32). The first-order chi connectivity index (χ1) is 18.1. The summed E-state index contributed by atoms with van der Waals surface area (Å²) in [5.74, 6) is 2.56. The van der Waals surface area contributed by atoms with E-state index in [0.717, 1.165) is 33.9 Å². The predicted molar refractivity (Wildman–Crippen MR) is 143 cm³/mol.